The van der Waals surface area contributed by atoms with Gasteiger partial charge in [-0.3, -0.25) is 0 Å². The van der Waals surface area contributed by atoms with Crippen LogP contribution in [0.4, 0.5) is 4.79 Å². The number of ether oxygens (including phenoxy) is 1. The third kappa shape index (κ3) is 4.81. The van der Waals surface area contributed by atoms with E-state index in [9.17, 15) is 4.79 Å². The van der Waals surface area contributed by atoms with E-state index in [1.54, 1.807) is 0 Å². The van der Waals surface area contributed by atoms with Crippen molar-refractivity contribution in [3.63, 3.8) is 0 Å². The molecule has 3 N–H and O–H groups in total. The molecule has 2 aromatic carbocycles. The van der Waals surface area contributed by atoms with Crippen LogP contribution in [-0.2, 0) is 6.61 Å². The van der Waals surface area contributed by atoms with Crippen molar-refractivity contribution in [1.29, 1.82) is 0 Å². The minimum Gasteiger partial charge on any atom is -0.489 e. The lowest BCUT2D eigenvalue weighted by Gasteiger charge is -2.07. The lowest BCUT2D eigenvalue weighted by atomic mass is 10.2. The first-order chi connectivity index (χ1) is 10.1. The summed E-state index contributed by atoms with van der Waals surface area (Å²) < 4.78 is 5.65. The number of amides is 2. The Kier molecular flexibility index (Phi) is 5.17. The van der Waals surface area contributed by atoms with Gasteiger partial charge in [0.15, 0.2) is 0 Å². The quantitative estimate of drug-likeness (QED) is 0.658. The Morgan fingerprint density at radius 2 is 1.95 bits per heavy atom. The highest BCUT2D eigenvalue weighted by atomic mass is 35.5. The lowest BCUT2D eigenvalue weighted by molar-refractivity contribution is 0.249. The first-order valence-electron chi connectivity index (χ1n) is 6.20. The van der Waals surface area contributed by atoms with Crippen LogP contribution in [0.2, 0.25) is 5.02 Å². The zero-order valence-corrected chi connectivity index (χ0v) is 11.9. The summed E-state index contributed by atoms with van der Waals surface area (Å²) in [4.78, 5) is 10.5. The normalized spacial score (nSPS) is 10.5. The van der Waals surface area contributed by atoms with Crippen LogP contribution in [0.5, 0.6) is 5.75 Å². The number of benzene rings is 2. The van der Waals surface area contributed by atoms with Crippen molar-refractivity contribution in [1.82, 2.24) is 5.43 Å². The molecular formula is C15H14ClN3O2. The predicted octanol–water partition coefficient (Wildman–Crippen LogP) is 2.92. The minimum atomic E-state index is -0.703. The summed E-state index contributed by atoms with van der Waals surface area (Å²) in [5, 5.41) is 4.35. The van der Waals surface area contributed by atoms with Crippen LogP contribution in [0, 0.1) is 0 Å². The van der Waals surface area contributed by atoms with Crippen LogP contribution in [0.25, 0.3) is 0 Å². The molecule has 0 radical (unpaired) electrons. The van der Waals surface area contributed by atoms with Gasteiger partial charge >= 0.3 is 6.03 Å². The zero-order chi connectivity index (χ0) is 15.1. The summed E-state index contributed by atoms with van der Waals surface area (Å²) in [6.07, 6.45) is 1.49. The summed E-state index contributed by atoms with van der Waals surface area (Å²) in [7, 11) is 0. The smallest absolute Gasteiger partial charge is 0.332 e. The number of halogens is 1. The molecule has 0 fully saturated rings. The van der Waals surface area contributed by atoms with Gasteiger partial charge in [-0.25, -0.2) is 10.2 Å². The van der Waals surface area contributed by atoms with Crippen LogP contribution in [0.15, 0.2) is 53.6 Å². The molecule has 0 bridgehead atoms. The van der Waals surface area contributed by atoms with E-state index < -0.39 is 6.03 Å². The van der Waals surface area contributed by atoms with E-state index in [1.165, 1.54) is 6.21 Å². The Balaban J connectivity index is 1.92. The number of nitrogens with zero attached hydrogens (tertiary/aromatic N) is 1. The highest BCUT2D eigenvalue weighted by molar-refractivity contribution is 6.31. The molecule has 0 atom stereocenters. The monoisotopic (exact) mass is 303 g/mol. The largest absolute Gasteiger partial charge is 0.489 e. The molecule has 0 heterocycles. The van der Waals surface area contributed by atoms with Crippen molar-refractivity contribution in [3.8, 4) is 5.75 Å². The zero-order valence-electron chi connectivity index (χ0n) is 11.1. The molecule has 0 aliphatic heterocycles. The van der Waals surface area contributed by atoms with Crippen molar-refractivity contribution < 1.29 is 9.53 Å². The Labute approximate surface area is 127 Å². The second-order valence-corrected chi connectivity index (χ2v) is 4.59. The number of nitrogens with two attached hydrogens (primary N) is 1. The Bertz CT molecular complexity index is 642. The van der Waals surface area contributed by atoms with Crippen molar-refractivity contribution in [2.24, 2.45) is 10.8 Å². The SMILES string of the molecule is NC(=O)N/N=C\c1ccc(OCc2ccccc2Cl)cc1. The number of hydrazone groups is 1. The molecule has 0 aromatic heterocycles. The van der Waals surface area contributed by atoms with E-state index in [2.05, 4.69) is 10.5 Å². The maximum absolute atomic E-state index is 10.5. The van der Waals surface area contributed by atoms with E-state index >= 15 is 0 Å². The number of nitrogens with one attached hydrogen (secondary N) is 1. The van der Waals surface area contributed by atoms with Crippen molar-refractivity contribution in [2.75, 3.05) is 0 Å². The number of carbonyl (C=O) groups excluding carboxylic acids is 1. The minimum absolute atomic E-state index is 0.399. The summed E-state index contributed by atoms with van der Waals surface area (Å²) in [5.74, 6) is 0.718. The van der Waals surface area contributed by atoms with Crippen molar-refractivity contribution in [2.45, 2.75) is 6.61 Å². The number of primary amides is 1. The third-order valence-corrected chi connectivity index (χ3v) is 2.99. The Morgan fingerprint density at radius 1 is 1.24 bits per heavy atom. The predicted molar refractivity (Wildman–Crippen MR) is 82.5 cm³/mol. The number of hydrogen-bond donors (Lipinski definition) is 2. The van der Waals surface area contributed by atoms with Gasteiger partial charge in [-0.1, -0.05) is 29.8 Å². The van der Waals surface area contributed by atoms with Crippen LogP contribution >= 0.6 is 11.6 Å². The summed E-state index contributed by atoms with van der Waals surface area (Å²) in [6, 6.07) is 14.1. The number of carbonyl (C=O) groups is 1. The summed E-state index contributed by atoms with van der Waals surface area (Å²) in [5.41, 5.74) is 8.76. The molecule has 6 heteroatoms. The van der Waals surface area contributed by atoms with E-state index in [4.69, 9.17) is 22.1 Å². The second-order valence-electron chi connectivity index (χ2n) is 4.18. The Morgan fingerprint density at radius 3 is 2.62 bits per heavy atom. The fourth-order valence-electron chi connectivity index (χ4n) is 1.60. The lowest BCUT2D eigenvalue weighted by Crippen LogP contribution is -2.24. The molecule has 0 unspecified atom stereocenters. The van der Waals surface area contributed by atoms with Gasteiger partial charge in [-0.05, 0) is 35.9 Å². The molecule has 21 heavy (non-hydrogen) atoms. The highest BCUT2D eigenvalue weighted by Gasteiger charge is 2.00. The third-order valence-electron chi connectivity index (χ3n) is 2.62. The Hall–Kier alpha value is -2.53. The standard InChI is InChI=1S/C15H14ClN3O2/c16-14-4-2-1-3-12(14)10-21-13-7-5-11(6-8-13)9-18-19-15(17)20/h1-9H,10H2,(H3,17,19,20)/b18-9-. The van der Waals surface area contributed by atoms with Gasteiger partial charge in [0, 0.05) is 10.6 Å². The molecule has 0 aliphatic carbocycles. The summed E-state index contributed by atoms with van der Waals surface area (Å²) >= 11 is 6.06. The molecule has 0 saturated carbocycles. The molecule has 5 nitrogen and oxygen atoms in total. The number of hydrogen-bond acceptors (Lipinski definition) is 3. The second kappa shape index (κ2) is 7.31. The molecular weight excluding hydrogens is 290 g/mol. The first kappa shape index (κ1) is 14.9. The van der Waals surface area contributed by atoms with Gasteiger partial charge in [0.25, 0.3) is 0 Å². The van der Waals surface area contributed by atoms with Crippen LogP contribution in [0.3, 0.4) is 0 Å². The van der Waals surface area contributed by atoms with Gasteiger partial charge in [0.1, 0.15) is 12.4 Å². The van der Waals surface area contributed by atoms with Crippen molar-refractivity contribution in [3.05, 3.63) is 64.7 Å². The average molecular weight is 304 g/mol. The van der Waals surface area contributed by atoms with Crippen LogP contribution in [0.1, 0.15) is 11.1 Å². The number of rotatable bonds is 5. The first-order valence-corrected chi connectivity index (χ1v) is 6.58. The van der Waals surface area contributed by atoms with E-state index in [1.807, 2.05) is 48.5 Å². The van der Waals surface area contributed by atoms with E-state index in [-0.39, 0.29) is 0 Å². The fraction of sp³-hybridized carbons (Fsp3) is 0.0667. The van der Waals surface area contributed by atoms with E-state index in [0.717, 1.165) is 16.9 Å². The maximum atomic E-state index is 10.5. The fourth-order valence-corrected chi connectivity index (χ4v) is 1.79. The van der Waals surface area contributed by atoms with Gasteiger partial charge < -0.3 is 10.5 Å². The van der Waals surface area contributed by atoms with Gasteiger partial charge in [-0.15, -0.1) is 0 Å². The molecule has 108 valence electrons. The maximum Gasteiger partial charge on any atom is 0.332 e. The van der Waals surface area contributed by atoms with Gasteiger partial charge in [-0.2, -0.15) is 5.10 Å². The molecule has 0 aliphatic rings. The topological polar surface area (TPSA) is 76.7 Å². The summed E-state index contributed by atoms with van der Waals surface area (Å²) in [6.45, 7) is 0.399. The van der Waals surface area contributed by atoms with E-state index in [0.29, 0.717) is 11.6 Å². The van der Waals surface area contributed by atoms with Gasteiger partial charge in [0.05, 0.1) is 6.21 Å². The van der Waals surface area contributed by atoms with Gasteiger partial charge in [0.2, 0.25) is 0 Å². The number of urea groups is 1. The molecule has 2 rings (SSSR count). The molecule has 2 amide bonds. The molecule has 2 aromatic rings. The molecule has 0 spiro atoms. The van der Waals surface area contributed by atoms with Crippen molar-refractivity contribution >= 4 is 23.8 Å². The molecule has 0 saturated heterocycles. The van der Waals surface area contributed by atoms with Crippen LogP contribution in [-0.4, -0.2) is 12.2 Å². The van der Waals surface area contributed by atoms with Crippen LogP contribution < -0.4 is 15.9 Å². The average Bonchev–Trinajstić information content (AvgIpc) is 2.47. The highest BCUT2D eigenvalue weighted by Crippen LogP contribution is 2.18.